The Morgan fingerprint density at radius 2 is 2.31 bits per heavy atom. The standard InChI is InChI=1S/C13H17BrFN/c1-10-4-3-7-16(9-10)13-11(8-14)5-2-6-12(13)15/h2,5-6,10H,3-4,7-9H2,1H3. The fourth-order valence-corrected chi connectivity index (χ4v) is 2.87. The summed E-state index contributed by atoms with van der Waals surface area (Å²) >= 11 is 3.43. The van der Waals surface area contributed by atoms with E-state index >= 15 is 0 Å². The van der Waals surface area contributed by atoms with Crippen LogP contribution in [0.3, 0.4) is 0 Å². The highest BCUT2D eigenvalue weighted by Gasteiger charge is 2.21. The van der Waals surface area contributed by atoms with Crippen LogP contribution >= 0.6 is 15.9 Å². The van der Waals surface area contributed by atoms with Crippen LogP contribution in [0.25, 0.3) is 0 Å². The van der Waals surface area contributed by atoms with Gasteiger partial charge >= 0.3 is 0 Å². The van der Waals surface area contributed by atoms with Crippen LogP contribution in [-0.2, 0) is 5.33 Å². The van der Waals surface area contributed by atoms with E-state index in [1.165, 1.54) is 6.42 Å². The molecule has 0 aromatic heterocycles. The Labute approximate surface area is 105 Å². The number of hydrogen-bond donors (Lipinski definition) is 0. The van der Waals surface area contributed by atoms with E-state index in [4.69, 9.17) is 0 Å². The first-order valence-corrected chi connectivity index (χ1v) is 6.93. The number of para-hydroxylation sites is 1. The maximum Gasteiger partial charge on any atom is 0.146 e. The number of piperidine rings is 1. The maximum atomic E-state index is 13.9. The summed E-state index contributed by atoms with van der Waals surface area (Å²) in [6.45, 7) is 4.19. The van der Waals surface area contributed by atoms with E-state index in [2.05, 4.69) is 27.8 Å². The van der Waals surface area contributed by atoms with Crippen molar-refractivity contribution in [1.82, 2.24) is 0 Å². The van der Waals surface area contributed by atoms with Gasteiger partial charge < -0.3 is 4.90 Å². The Morgan fingerprint density at radius 3 is 3.00 bits per heavy atom. The van der Waals surface area contributed by atoms with Crippen molar-refractivity contribution in [3.8, 4) is 0 Å². The number of hydrogen-bond acceptors (Lipinski definition) is 1. The molecular formula is C13H17BrFN. The summed E-state index contributed by atoms with van der Waals surface area (Å²) in [7, 11) is 0. The lowest BCUT2D eigenvalue weighted by Crippen LogP contribution is -2.35. The Balaban J connectivity index is 2.30. The molecule has 1 nitrogen and oxygen atoms in total. The van der Waals surface area contributed by atoms with Gasteiger partial charge in [0.25, 0.3) is 0 Å². The highest BCUT2D eigenvalue weighted by atomic mass is 79.9. The van der Waals surface area contributed by atoms with Crippen molar-refractivity contribution in [2.24, 2.45) is 5.92 Å². The molecular weight excluding hydrogens is 269 g/mol. The minimum absolute atomic E-state index is 0.0916. The number of benzene rings is 1. The second kappa shape index (κ2) is 5.17. The first-order chi connectivity index (χ1) is 7.72. The Morgan fingerprint density at radius 1 is 1.50 bits per heavy atom. The van der Waals surface area contributed by atoms with Gasteiger partial charge in [0.05, 0.1) is 5.69 Å². The van der Waals surface area contributed by atoms with Gasteiger partial charge in [-0.25, -0.2) is 4.39 Å². The molecule has 1 aromatic rings. The molecule has 1 aromatic carbocycles. The van der Waals surface area contributed by atoms with Crippen LogP contribution < -0.4 is 4.90 Å². The Kier molecular flexibility index (Phi) is 3.85. The lowest BCUT2D eigenvalue weighted by molar-refractivity contribution is 0.441. The zero-order valence-electron chi connectivity index (χ0n) is 9.55. The molecule has 0 spiro atoms. The fourth-order valence-electron chi connectivity index (χ4n) is 2.41. The Bertz CT molecular complexity index is 367. The second-order valence-electron chi connectivity index (χ2n) is 4.57. The van der Waals surface area contributed by atoms with Crippen LogP contribution in [0, 0.1) is 11.7 Å². The van der Waals surface area contributed by atoms with Crippen LogP contribution in [0.15, 0.2) is 18.2 Å². The van der Waals surface area contributed by atoms with Gasteiger partial charge in [0.15, 0.2) is 0 Å². The van der Waals surface area contributed by atoms with Gasteiger partial charge in [-0.05, 0) is 30.4 Å². The third-order valence-corrected chi connectivity index (χ3v) is 3.79. The lowest BCUT2D eigenvalue weighted by atomic mass is 9.99. The van der Waals surface area contributed by atoms with E-state index < -0.39 is 0 Å². The van der Waals surface area contributed by atoms with E-state index in [9.17, 15) is 4.39 Å². The van der Waals surface area contributed by atoms with Gasteiger partial charge in [0.1, 0.15) is 5.82 Å². The normalized spacial score (nSPS) is 21.2. The molecule has 88 valence electrons. The van der Waals surface area contributed by atoms with Gasteiger partial charge in [0.2, 0.25) is 0 Å². The summed E-state index contributed by atoms with van der Waals surface area (Å²) in [5, 5.41) is 0.713. The predicted molar refractivity (Wildman–Crippen MR) is 69.6 cm³/mol. The van der Waals surface area contributed by atoms with Crippen LogP contribution in [0.2, 0.25) is 0 Å². The summed E-state index contributed by atoms with van der Waals surface area (Å²) in [4.78, 5) is 2.19. The zero-order valence-corrected chi connectivity index (χ0v) is 11.1. The molecule has 1 heterocycles. The average molecular weight is 286 g/mol. The molecule has 0 amide bonds. The monoisotopic (exact) mass is 285 g/mol. The van der Waals surface area contributed by atoms with E-state index in [0.717, 1.165) is 30.8 Å². The first kappa shape index (κ1) is 11.9. The lowest BCUT2D eigenvalue weighted by Gasteiger charge is -2.34. The summed E-state index contributed by atoms with van der Waals surface area (Å²) in [6, 6.07) is 5.33. The number of rotatable bonds is 2. The van der Waals surface area contributed by atoms with Crippen molar-refractivity contribution < 1.29 is 4.39 Å². The molecule has 1 unspecified atom stereocenters. The van der Waals surface area contributed by atoms with Crippen molar-refractivity contribution in [3.63, 3.8) is 0 Å². The molecule has 1 aliphatic rings. The van der Waals surface area contributed by atoms with Gasteiger partial charge in [-0.2, -0.15) is 0 Å². The van der Waals surface area contributed by atoms with Crippen molar-refractivity contribution in [2.75, 3.05) is 18.0 Å². The number of anilines is 1. The van der Waals surface area contributed by atoms with Gasteiger partial charge in [-0.15, -0.1) is 0 Å². The summed E-state index contributed by atoms with van der Waals surface area (Å²) in [5.41, 5.74) is 1.85. The quantitative estimate of drug-likeness (QED) is 0.744. The van der Waals surface area contributed by atoms with E-state index in [1.54, 1.807) is 12.1 Å². The smallest absolute Gasteiger partial charge is 0.146 e. The minimum atomic E-state index is -0.0916. The number of halogens is 2. The predicted octanol–water partition coefficient (Wildman–Crippen LogP) is 3.96. The highest BCUT2D eigenvalue weighted by molar-refractivity contribution is 9.08. The molecule has 0 saturated carbocycles. The van der Waals surface area contributed by atoms with Gasteiger partial charge in [0, 0.05) is 18.4 Å². The molecule has 0 N–H and O–H groups in total. The highest BCUT2D eigenvalue weighted by Crippen LogP contribution is 2.30. The molecule has 0 aliphatic carbocycles. The molecule has 1 fully saturated rings. The largest absolute Gasteiger partial charge is 0.369 e. The van der Waals surface area contributed by atoms with Crippen molar-refractivity contribution in [2.45, 2.75) is 25.1 Å². The molecule has 2 rings (SSSR count). The minimum Gasteiger partial charge on any atom is -0.369 e. The topological polar surface area (TPSA) is 3.24 Å². The number of alkyl halides is 1. The van der Waals surface area contributed by atoms with Crippen LogP contribution in [0.1, 0.15) is 25.3 Å². The summed E-state index contributed by atoms with van der Waals surface area (Å²) in [5.74, 6) is 0.572. The van der Waals surface area contributed by atoms with Crippen LogP contribution in [-0.4, -0.2) is 13.1 Å². The van der Waals surface area contributed by atoms with Crippen molar-refractivity contribution >= 4 is 21.6 Å². The van der Waals surface area contributed by atoms with Gasteiger partial charge in [-0.1, -0.05) is 35.0 Å². The Hall–Kier alpha value is -0.570. The fraction of sp³-hybridized carbons (Fsp3) is 0.538. The maximum absolute atomic E-state index is 13.9. The van der Waals surface area contributed by atoms with E-state index in [1.807, 2.05) is 6.07 Å². The molecule has 1 saturated heterocycles. The van der Waals surface area contributed by atoms with Crippen LogP contribution in [0.5, 0.6) is 0 Å². The summed E-state index contributed by atoms with van der Waals surface area (Å²) in [6.07, 6.45) is 2.42. The third-order valence-electron chi connectivity index (χ3n) is 3.19. The second-order valence-corrected chi connectivity index (χ2v) is 5.14. The molecule has 1 atom stereocenters. The zero-order chi connectivity index (χ0) is 11.5. The molecule has 1 aliphatic heterocycles. The van der Waals surface area contributed by atoms with Crippen molar-refractivity contribution in [1.29, 1.82) is 0 Å². The van der Waals surface area contributed by atoms with Crippen LogP contribution in [0.4, 0.5) is 10.1 Å². The molecule has 16 heavy (non-hydrogen) atoms. The van der Waals surface area contributed by atoms with Gasteiger partial charge in [-0.3, -0.25) is 0 Å². The SMILES string of the molecule is CC1CCCN(c2c(F)cccc2CBr)C1. The molecule has 0 bridgehead atoms. The van der Waals surface area contributed by atoms with E-state index in [0.29, 0.717) is 11.2 Å². The third kappa shape index (κ3) is 2.40. The average Bonchev–Trinajstić information content (AvgIpc) is 2.28. The summed E-state index contributed by atoms with van der Waals surface area (Å²) < 4.78 is 13.9. The molecule has 3 heteroatoms. The first-order valence-electron chi connectivity index (χ1n) is 5.80. The molecule has 0 radical (unpaired) electrons. The van der Waals surface area contributed by atoms with E-state index in [-0.39, 0.29) is 5.82 Å². The van der Waals surface area contributed by atoms with Crippen molar-refractivity contribution in [3.05, 3.63) is 29.6 Å². The number of nitrogens with zero attached hydrogens (tertiary/aromatic N) is 1.